The highest BCUT2D eigenvalue weighted by molar-refractivity contribution is 5.79. The summed E-state index contributed by atoms with van der Waals surface area (Å²) < 4.78 is 5.12. The van der Waals surface area contributed by atoms with Crippen molar-refractivity contribution in [2.45, 2.75) is 19.8 Å². The number of hydrogen-bond donors (Lipinski definition) is 3. The van der Waals surface area contributed by atoms with Crippen LogP contribution in [-0.4, -0.2) is 30.1 Å². The zero-order valence-electron chi connectivity index (χ0n) is 7.75. The second-order valence-electron chi connectivity index (χ2n) is 2.89. The fraction of sp³-hybridized carbons (Fsp3) is 0.750. The average molecular weight is 188 g/mol. The first kappa shape index (κ1) is 11.9. The van der Waals surface area contributed by atoms with E-state index in [4.69, 9.17) is 25.8 Å². The van der Waals surface area contributed by atoms with E-state index in [1.54, 1.807) is 0 Å². The quantitative estimate of drug-likeness (QED) is 0.411. The van der Waals surface area contributed by atoms with E-state index >= 15 is 0 Å². The Morgan fingerprint density at radius 3 is 2.46 bits per heavy atom. The van der Waals surface area contributed by atoms with Crippen LogP contribution in [0.5, 0.6) is 0 Å². The summed E-state index contributed by atoms with van der Waals surface area (Å²) in [5.41, 5.74) is 5.27. The summed E-state index contributed by atoms with van der Waals surface area (Å²) in [6.45, 7) is 2.57. The largest absolute Gasteiger partial charge is 0.481 e. The Kier molecular flexibility index (Phi) is 5.88. The van der Waals surface area contributed by atoms with Crippen LogP contribution >= 0.6 is 0 Å². The molecule has 76 valence electrons. The van der Waals surface area contributed by atoms with Crippen molar-refractivity contribution in [3.05, 3.63) is 0 Å². The summed E-state index contributed by atoms with van der Waals surface area (Å²) in [5.74, 6) is -0.367. The Labute approximate surface area is 77.4 Å². The summed E-state index contributed by atoms with van der Waals surface area (Å²) >= 11 is 0. The molecular weight excluding hydrogens is 172 g/mol. The molecule has 0 aromatic carbocycles. The SMILES string of the molecule is CC(=O)O.N=C(N)C1CCCOC1. The molecule has 0 bridgehead atoms. The van der Waals surface area contributed by atoms with Gasteiger partial charge < -0.3 is 15.6 Å². The van der Waals surface area contributed by atoms with Crippen LogP contribution in [0, 0.1) is 11.3 Å². The van der Waals surface area contributed by atoms with Gasteiger partial charge in [-0.1, -0.05) is 0 Å². The number of nitrogens with one attached hydrogen (secondary N) is 1. The minimum atomic E-state index is -0.833. The summed E-state index contributed by atoms with van der Waals surface area (Å²) in [7, 11) is 0. The van der Waals surface area contributed by atoms with Crippen molar-refractivity contribution in [1.82, 2.24) is 0 Å². The van der Waals surface area contributed by atoms with Crippen LogP contribution < -0.4 is 5.73 Å². The maximum absolute atomic E-state index is 9.00. The van der Waals surface area contributed by atoms with Gasteiger partial charge in [0.05, 0.1) is 12.4 Å². The van der Waals surface area contributed by atoms with E-state index in [1.165, 1.54) is 0 Å². The number of ether oxygens (including phenoxy) is 1. The molecule has 0 saturated carbocycles. The predicted molar refractivity (Wildman–Crippen MR) is 48.8 cm³/mol. The lowest BCUT2D eigenvalue weighted by atomic mass is 10.0. The molecular formula is C8H16N2O3. The van der Waals surface area contributed by atoms with Gasteiger partial charge in [-0.2, -0.15) is 0 Å². The highest BCUT2D eigenvalue weighted by Crippen LogP contribution is 2.11. The lowest BCUT2D eigenvalue weighted by Crippen LogP contribution is -2.29. The van der Waals surface area contributed by atoms with Crippen molar-refractivity contribution in [3.8, 4) is 0 Å². The molecule has 1 atom stereocenters. The Morgan fingerprint density at radius 1 is 1.69 bits per heavy atom. The summed E-state index contributed by atoms with van der Waals surface area (Å²) in [4.78, 5) is 9.00. The summed E-state index contributed by atoms with van der Waals surface area (Å²) in [6, 6.07) is 0. The van der Waals surface area contributed by atoms with Gasteiger partial charge in [-0.25, -0.2) is 0 Å². The smallest absolute Gasteiger partial charge is 0.300 e. The van der Waals surface area contributed by atoms with Crippen LogP contribution in [0.2, 0.25) is 0 Å². The van der Waals surface area contributed by atoms with Crippen molar-refractivity contribution in [2.75, 3.05) is 13.2 Å². The van der Waals surface area contributed by atoms with E-state index in [9.17, 15) is 0 Å². The average Bonchev–Trinajstić information content (AvgIpc) is 2.05. The topological polar surface area (TPSA) is 96.4 Å². The van der Waals surface area contributed by atoms with Crippen LogP contribution in [0.3, 0.4) is 0 Å². The van der Waals surface area contributed by atoms with Gasteiger partial charge in [0, 0.05) is 19.4 Å². The number of aliphatic carboxylic acids is 1. The fourth-order valence-electron chi connectivity index (χ4n) is 0.986. The van der Waals surface area contributed by atoms with Gasteiger partial charge in [0.25, 0.3) is 5.97 Å². The lowest BCUT2D eigenvalue weighted by molar-refractivity contribution is -0.134. The van der Waals surface area contributed by atoms with E-state index in [2.05, 4.69) is 0 Å². The highest BCUT2D eigenvalue weighted by atomic mass is 16.5. The van der Waals surface area contributed by atoms with Gasteiger partial charge in [0.2, 0.25) is 0 Å². The molecule has 1 aliphatic heterocycles. The summed E-state index contributed by atoms with van der Waals surface area (Å²) in [6.07, 6.45) is 2.07. The fourth-order valence-corrected chi connectivity index (χ4v) is 0.986. The van der Waals surface area contributed by atoms with E-state index < -0.39 is 5.97 Å². The second-order valence-corrected chi connectivity index (χ2v) is 2.89. The Morgan fingerprint density at radius 2 is 2.23 bits per heavy atom. The van der Waals surface area contributed by atoms with Gasteiger partial charge in [-0.3, -0.25) is 10.2 Å². The van der Waals surface area contributed by atoms with Crippen molar-refractivity contribution in [3.63, 3.8) is 0 Å². The van der Waals surface area contributed by atoms with Gasteiger partial charge in [-0.05, 0) is 12.8 Å². The Hall–Kier alpha value is -1.10. The van der Waals surface area contributed by atoms with Crippen LogP contribution in [0.15, 0.2) is 0 Å². The third-order valence-corrected chi connectivity index (χ3v) is 1.60. The van der Waals surface area contributed by atoms with E-state index in [-0.39, 0.29) is 11.8 Å². The predicted octanol–water partition coefficient (Wildman–Crippen LogP) is 0.440. The maximum atomic E-state index is 9.00. The first-order valence-electron chi connectivity index (χ1n) is 4.15. The number of carboxylic acid groups (broad SMARTS) is 1. The number of nitrogens with two attached hydrogens (primary N) is 1. The third kappa shape index (κ3) is 7.27. The minimum Gasteiger partial charge on any atom is -0.481 e. The van der Waals surface area contributed by atoms with Crippen LogP contribution in [0.25, 0.3) is 0 Å². The van der Waals surface area contributed by atoms with E-state index in [1.807, 2.05) is 0 Å². The molecule has 1 aliphatic rings. The number of amidine groups is 1. The molecule has 0 radical (unpaired) electrons. The Bertz CT molecular complexity index is 172. The number of hydrogen-bond acceptors (Lipinski definition) is 3. The molecule has 0 spiro atoms. The molecule has 1 rings (SSSR count). The van der Waals surface area contributed by atoms with Gasteiger partial charge in [0.15, 0.2) is 0 Å². The molecule has 4 N–H and O–H groups in total. The summed E-state index contributed by atoms with van der Waals surface area (Å²) in [5, 5.41) is 14.5. The molecule has 1 saturated heterocycles. The molecule has 0 aromatic rings. The molecule has 0 aromatic heterocycles. The van der Waals surface area contributed by atoms with Crippen molar-refractivity contribution in [2.24, 2.45) is 11.7 Å². The molecule has 5 nitrogen and oxygen atoms in total. The molecule has 0 amide bonds. The number of carboxylic acids is 1. The van der Waals surface area contributed by atoms with Crippen molar-refractivity contribution < 1.29 is 14.6 Å². The standard InChI is InChI=1S/C6H12N2O.C2H4O2/c7-6(8)5-2-1-3-9-4-5;1-2(3)4/h5H,1-4H2,(H3,7,8);1H3,(H,3,4). The van der Waals surface area contributed by atoms with Crippen molar-refractivity contribution >= 4 is 11.8 Å². The lowest BCUT2D eigenvalue weighted by Gasteiger charge is -2.20. The van der Waals surface area contributed by atoms with Crippen LogP contribution in [-0.2, 0) is 9.53 Å². The molecule has 1 fully saturated rings. The normalized spacial score (nSPS) is 21.2. The highest BCUT2D eigenvalue weighted by Gasteiger charge is 2.15. The first-order chi connectivity index (χ1) is 6.04. The Balaban J connectivity index is 0.000000310. The minimum absolute atomic E-state index is 0.193. The zero-order chi connectivity index (χ0) is 10.3. The maximum Gasteiger partial charge on any atom is 0.300 e. The van der Waals surface area contributed by atoms with Crippen molar-refractivity contribution in [1.29, 1.82) is 5.41 Å². The van der Waals surface area contributed by atoms with Gasteiger partial charge in [-0.15, -0.1) is 0 Å². The van der Waals surface area contributed by atoms with Crippen LogP contribution in [0.1, 0.15) is 19.8 Å². The first-order valence-corrected chi connectivity index (χ1v) is 4.15. The van der Waals surface area contributed by atoms with Gasteiger partial charge in [0.1, 0.15) is 0 Å². The number of carbonyl (C=O) groups is 1. The molecule has 1 heterocycles. The van der Waals surface area contributed by atoms with E-state index in [0.717, 1.165) is 26.4 Å². The third-order valence-electron chi connectivity index (χ3n) is 1.60. The molecule has 5 heteroatoms. The number of rotatable bonds is 1. The molecule has 0 aliphatic carbocycles. The van der Waals surface area contributed by atoms with Crippen LogP contribution in [0.4, 0.5) is 0 Å². The van der Waals surface area contributed by atoms with Gasteiger partial charge >= 0.3 is 0 Å². The molecule has 13 heavy (non-hydrogen) atoms. The molecule has 1 unspecified atom stereocenters. The monoisotopic (exact) mass is 188 g/mol. The zero-order valence-corrected chi connectivity index (χ0v) is 7.75. The second kappa shape index (κ2) is 6.42. The van der Waals surface area contributed by atoms with E-state index in [0.29, 0.717) is 6.61 Å².